The first-order valence-electron chi connectivity index (χ1n) is 5.68. The summed E-state index contributed by atoms with van der Waals surface area (Å²) in [5.41, 5.74) is 8.07. The van der Waals surface area contributed by atoms with E-state index in [1.54, 1.807) is 16.9 Å². The van der Waals surface area contributed by atoms with Gasteiger partial charge in [-0.15, -0.1) is 0 Å². The zero-order valence-electron chi connectivity index (χ0n) is 10.3. The van der Waals surface area contributed by atoms with Crippen LogP contribution in [-0.2, 0) is 0 Å². The van der Waals surface area contributed by atoms with E-state index in [-0.39, 0.29) is 5.56 Å². The van der Waals surface area contributed by atoms with E-state index in [1.807, 2.05) is 19.9 Å². The van der Waals surface area contributed by atoms with Gasteiger partial charge < -0.3 is 10.8 Å². The molecule has 2 rings (SSSR count). The number of hydrogen-bond acceptors (Lipinski definition) is 3. The molecule has 0 unspecified atom stereocenters. The quantitative estimate of drug-likeness (QED) is 0.813. The van der Waals surface area contributed by atoms with Crippen LogP contribution in [0.1, 0.15) is 35.8 Å². The number of nitrogens with zero attached hydrogens (tertiary/aromatic N) is 2. The fraction of sp³-hybridized carbons (Fsp3) is 0.231. The summed E-state index contributed by atoms with van der Waals surface area (Å²) in [5, 5.41) is 13.4. The van der Waals surface area contributed by atoms with Crippen molar-refractivity contribution in [3.63, 3.8) is 0 Å². The van der Waals surface area contributed by atoms with Gasteiger partial charge in [0.25, 0.3) is 0 Å². The van der Waals surface area contributed by atoms with Crippen molar-refractivity contribution in [1.82, 2.24) is 9.78 Å². The van der Waals surface area contributed by atoms with Gasteiger partial charge in [0.05, 0.1) is 22.6 Å². The number of nitrogens with two attached hydrogens (primary N) is 1. The number of hydrogen-bond donors (Lipinski definition) is 2. The number of aromatic carboxylic acids is 1. The number of rotatable bonds is 3. The molecule has 3 N–H and O–H groups in total. The number of aromatic nitrogens is 2. The van der Waals surface area contributed by atoms with E-state index in [1.165, 1.54) is 12.1 Å². The molecule has 1 heterocycles. The lowest BCUT2D eigenvalue weighted by Crippen LogP contribution is -2.05. The number of carbonyl (C=O) groups is 1. The first-order chi connectivity index (χ1) is 8.49. The van der Waals surface area contributed by atoms with Crippen molar-refractivity contribution in [1.29, 1.82) is 0 Å². The normalized spacial score (nSPS) is 10.8. The van der Waals surface area contributed by atoms with E-state index in [0.29, 0.717) is 17.3 Å². The van der Waals surface area contributed by atoms with Gasteiger partial charge in [0.15, 0.2) is 0 Å². The van der Waals surface area contributed by atoms with Crippen molar-refractivity contribution in [2.45, 2.75) is 19.8 Å². The van der Waals surface area contributed by atoms with Crippen molar-refractivity contribution in [3.8, 4) is 5.69 Å². The van der Waals surface area contributed by atoms with Gasteiger partial charge in [-0.1, -0.05) is 13.8 Å². The average molecular weight is 245 g/mol. The van der Waals surface area contributed by atoms with Gasteiger partial charge in [-0.25, -0.2) is 9.48 Å². The highest BCUT2D eigenvalue weighted by molar-refractivity contribution is 5.89. The summed E-state index contributed by atoms with van der Waals surface area (Å²) in [6, 6.07) is 6.48. The third-order valence-electron chi connectivity index (χ3n) is 2.73. The van der Waals surface area contributed by atoms with Crippen LogP contribution in [0.2, 0.25) is 0 Å². The van der Waals surface area contributed by atoms with Crippen LogP contribution in [-0.4, -0.2) is 20.9 Å². The monoisotopic (exact) mass is 245 g/mol. The Hall–Kier alpha value is -2.30. The molecule has 94 valence electrons. The smallest absolute Gasteiger partial charge is 0.335 e. The Balaban J connectivity index is 2.48. The maximum Gasteiger partial charge on any atom is 0.335 e. The summed E-state index contributed by atoms with van der Waals surface area (Å²) in [6.07, 6.45) is 1.78. The summed E-state index contributed by atoms with van der Waals surface area (Å²) in [4.78, 5) is 10.9. The molecular weight excluding hydrogens is 230 g/mol. The Labute approximate surface area is 105 Å². The van der Waals surface area contributed by atoms with E-state index in [2.05, 4.69) is 5.10 Å². The number of anilines is 1. The molecule has 0 amide bonds. The largest absolute Gasteiger partial charge is 0.478 e. The molecule has 18 heavy (non-hydrogen) atoms. The van der Waals surface area contributed by atoms with Crippen molar-refractivity contribution < 1.29 is 9.90 Å². The van der Waals surface area contributed by atoms with Gasteiger partial charge in [-0.05, 0) is 30.2 Å². The highest BCUT2D eigenvalue weighted by atomic mass is 16.4. The summed E-state index contributed by atoms with van der Waals surface area (Å²) < 4.78 is 1.61. The van der Waals surface area contributed by atoms with E-state index in [9.17, 15) is 4.79 Å². The number of carboxylic acids is 1. The fourth-order valence-corrected chi connectivity index (χ4v) is 1.66. The highest BCUT2D eigenvalue weighted by Gasteiger charge is 2.10. The number of nitrogen functional groups attached to an aromatic ring is 1. The minimum absolute atomic E-state index is 0.195. The topological polar surface area (TPSA) is 81.1 Å². The first kappa shape index (κ1) is 12.2. The summed E-state index contributed by atoms with van der Waals surface area (Å²) >= 11 is 0. The van der Waals surface area contributed by atoms with Crippen LogP contribution < -0.4 is 5.73 Å². The standard InChI is InChI=1S/C13H15N3O2/c1-8(2)11-5-6-16(15-11)12-7-9(13(17)18)3-4-10(12)14/h3-8H,14H2,1-2H3,(H,17,18). The fourth-order valence-electron chi connectivity index (χ4n) is 1.66. The molecule has 5 nitrogen and oxygen atoms in total. The van der Waals surface area contributed by atoms with Gasteiger partial charge in [-0.2, -0.15) is 5.10 Å². The predicted octanol–water partition coefficient (Wildman–Crippen LogP) is 2.28. The molecule has 2 aromatic rings. The van der Waals surface area contributed by atoms with Crippen LogP contribution in [0.4, 0.5) is 5.69 Å². The maximum absolute atomic E-state index is 10.9. The van der Waals surface area contributed by atoms with Crippen molar-refractivity contribution in [2.75, 3.05) is 5.73 Å². The lowest BCUT2D eigenvalue weighted by Gasteiger charge is -2.07. The molecule has 0 bridgehead atoms. The van der Waals surface area contributed by atoms with Crippen LogP contribution in [0.15, 0.2) is 30.5 Å². The number of carboxylic acid groups (broad SMARTS) is 1. The Kier molecular flexibility index (Phi) is 3.06. The minimum Gasteiger partial charge on any atom is -0.478 e. The molecule has 0 aliphatic rings. The molecule has 0 saturated heterocycles. The molecule has 1 aromatic heterocycles. The van der Waals surface area contributed by atoms with Crippen molar-refractivity contribution >= 4 is 11.7 Å². The first-order valence-corrected chi connectivity index (χ1v) is 5.68. The van der Waals surface area contributed by atoms with Crippen molar-refractivity contribution in [2.24, 2.45) is 0 Å². The second-order valence-corrected chi connectivity index (χ2v) is 4.42. The summed E-state index contributed by atoms with van der Waals surface area (Å²) in [5.74, 6) is -0.664. The molecule has 0 aliphatic carbocycles. The Morgan fingerprint density at radius 1 is 1.39 bits per heavy atom. The molecule has 0 aliphatic heterocycles. The third-order valence-corrected chi connectivity index (χ3v) is 2.73. The minimum atomic E-state index is -0.979. The van der Waals surface area contributed by atoms with Gasteiger partial charge in [0.2, 0.25) is 0 Å². The highest BCUT2D eigenvalue weighted by Crippen LogP contribution is 2.20. The Morgan fingerprint density at radius 3 is 2.67 bits per heavy atom. The Bertz CT molecular complexity index is 588. The van der Waals surface area contributed by atoms with Gasteiger partial charge >= 0.3 is 5.97 Å². The van der Waals surface area contributed by atoms with E-state index in [4.69, 9.17) is 10.8 Å². The second kappa shape index (κ2) is 4.52. The number of benzene rings is 1. The predicted molar refractivity (Wildman–Crippen MR) is 69.0 cm³/mol. The summed E-state index contributed by atoms with van der Waals surface area (Å²) in [6.45, 7) is 4.09. The van der Waals surface area contributed by atoms with Gasteiger partial charge in [0, 0.05) is 6.20 Å². The maximum atomic E-state index is 10.9. The van der Waals surface area contributed by atoms with E-state index in [0.717, 1.165) is 5.69 Å². The molecule has 0 fully saturated rings. The molecule has 5 heteroatoms. The zero-order chi connectivity index (χ0) is 13.3. The Morgan fingerprint density at radius 2 is 2.11 bits per heavy atom. The summed E-state index contributed by atoms with van der Waals surface area (Å²) in [7, 11) is 0. The SMILES string of the molecule is CC(C)c1ccn(-c2cc(C(=O)O)ccc2N)n1. The van der Waals surface area contributed by atoms with Gasteiger partial charge in [0.1, 0.15) is 0 Å². The van der Waals surface area contributed by atoms with Crippen LogP contribution in [0.25, 0.3) is 5.69 Å². The second-order valence-electron chi connectivity index (χ2n) is 4.42. The molecule has 0 radical (unpaired) electrons. The zero-order valence-corrected chi connectivity index (χ0v) is 10.3. The average Bonchev–Trinajstić information content (AvgIpc) is 2.78. The third kappa shape index (κ3) is 2.20. The molecule has 1 aromatic carbocycles. The van der Waals surface area contributed by atoms with Crippen LogP contribution in [0.5, 0.6) is 0 Å². The van der Waals surface area contributed by atoms with Gasteiger partial charge in [-0.3, -0.25) is 0 Å². The molecular formula is C13H15N3O2. The van der Waals surface area contributed by atoms with Crippen LogP contribution >= 0.6 is 0 Å². The molecule has 0 spiro atoms. The molecule has 0 saturated carbocycles. The van der Waals surface area contributed by atoms with E-state index >= 15 is 0 Å². The van der Waals surface area contributed by atoms with Crippen LogP contribution in [0.3, 0.4) is 0 Å². The van der Waals surface area contributed by atoms with Crippen LogP contribution in [0, 0.1) is 0 Å². The lowest BCUT2D eigenvalue weighted by atomic mass is 10.1. The molecule has 0 atom stereocenters. The van der Waals surface area contributed by atoms with Crippen molar-refractivity contribution in [3.05, 3.63) is 41.7 Å². The van der Waals surface area contributed by atoms with E-state index < -0.39 is 5.97 Å². The lowest BCUT2D eigenvalue weighted by molar-refractivity contribution is 0.0697.